The first kappa shape index (κ1) is 12.0. The van der Waals surface area contributed by atoms with E-state index in [2.05, 4.69) is 25.7 Å². The van der Waals surface area contributed by atoms with Gasteiger partial charge in [0, 0.05) is 25.2 Å². The zero-order chi connectivity index (χ0) is 10.6. The lowest BCUT2D eigenvalue weighted by Crippen LogP contribution is -2.51. The van der Waals surface area contributed by atoms with Crippen LogP contribution in [0.1, 0.15) is 33.6 Å². The highest BCUT2D eigenvalue weighted by Gasteiger charge is 2.30. The van der Waals surface area contributed by atoms with Gasteiger partial charge in [0.1, 0.15) is 0 Å². The Labute approximate surface area is 87.6 Å². The SMILES string of the molecule is CCN(C(C)C)C(CN)C1CCCO1. The van der Waals surface area contributed by atoms with Crippen LogP contribution in [0.4, 0.5) is 0 Å². The van der Waals surface area contributed by atoms with Crippen LogP contribution in [0.25, 0.3) is 0 Å². The lowest BCUT2D eigenvalue weighted by Gasteiger charge is -2.36. The quantitative estimate of drug-likeness (QED) is 0.725. The molecule has 14 heavy (non-hydrogen) atoms. The minimum Gasteiger partial charge on any atom is -0.377 e. The number of nitrogens with zero attached hydrogens (tertiary/aromatic N) is 1. The average Bonchev–Trinajstić information content (AvgIpc) is 2.65. The molecule has 0 amide bonds. The molecule has 3 heteroatoms. The van der Waals surface area contributed by atoms with Gasteiger partial charge in [0.2, 0.25) is 0 Å². The molecule has 84 valence electrons. The molecule has 1 heterocycles. The van der Waals surface area contributed by atoms with Gasteiger partial charge in [-0.3, -0.25) is 4.90 Å². The fraction of sp³-hybridized carbons (Fsp3) is 1.00. The van der Waals surface area contributed by atoms with E-state index < -0.39 is 0 Å². The number of ether oxygens (including phenoxy) is 1. The second-order valence-electron chi connectivity index (χ2n) is 4.28. The summed E-state index contributed by atoms with van der Waals surface area (Å²) >= 11 is 0. The maximum Gasteiger partial charge on any atom is 0.0743 e. The van der Waals surface area contributed by atoms with Crippen LogP contribution in [0.5, 0.6) is 0 Å². The molecule has 1 aliphatic rings. The van der Waals surface area contributed by atoms with Gasteiger partial charge in [-0.25, -0.2) is 0 Å². The van der Waals surface area contributed by atoms with E-state index in [1.54, 1.807) is 0 Å². The van der Waals surface area contributed by atoms with Gasteiger partial charge >= 0.3 is 0 Å². The molecule has 2 N–H and O–H groups in total. The summed E-state index contributed by atoms with van der Waals surface area (Å²) in [5.74, 6) is 0. The van der Waals surface area contributed by atoms with Gasteiger partial charge in [0.05, 0.1) is 6.10 Å². The predicted octanol–water partition coefficient (Wildman–Crippen LogP) is 1.22. The molecular weight excluding hydrogens is 176 g/mol. The van der Waals surface area contributed by atoms with E-state index in [0.29, 0.717) is 24.7 Å². The number of rotatable bonds is 5. The molecule has 1 saturated heterocycles. The van der Waals surface area contributed by atoms with E-state index >= 15 is 0 Å². The molecule has 1 rings (SSSR count). The predicted molar refractivity (Wildman–Crippen MR) is 59.3 cm³/mol. The van der Waals surface area contributed by atoms with Crippen molar-refractivity contribution >= 4 is 0 Å². The highest BCUT2D eigenvalue weighted by molar-refractivity contribution is 4.84. The van der Waals surface area contributed by atoms with Crippen molar-refractivity contribution in [2.45, 2.75) is 51.8 Å². The molecular formula is C11H24N2O. The third-order valence-corrected chi connectivity index (χ3v) is 3.09. The molecule has 0 aromatic heterocycles. The number of nitrogens with two attached hydrogens (primary N) is 1. The van der Waals surface area contributed by atoms with Gasteiger partial charge in [-0.15, -0.1) is 0 Å². The van der Waals surface area contributed by atoms with Crippen molar-refractivity contribution < 1.29 is 4.74 Å². The van der Waals surface area contributed by atoms with Crippen LogP contribution in [-0.4, -0.2) is 42.8 Å². The topological polar surface area (TPSA) is 38.5 Å². The fourth-order valence-electron chi connectivity index (χ4n) is 2.39. The van der Waals surface area contributed by atoms with Crippen molar-refractivity contribution in [1.29, 1.82) is 0 Å². The Morgan fingerprint density at radius 3 is 2.57 bits per heavy atom. The monoisotopic (exact) mass is 200 g/mol. The second kappa shape index (κ2) is 5.69. The summed E-state index contributed by atoms with van der Waals surface area (Å²) in [4.78, 5) is 2.44. The summed E-state index contributed by atoms with van der Waals surface area (Å²) in [5.41, 5.74) is 5.85. The maximum atomic E-state index is 5.85. The Balaban J connectivity index is 2.57. The molecule has 1 fully saturated rings. The van der Waals surface area contributed by atoms with Crippen LogP contribution in [0.2, 0.25) is 0 Å². The molecule has 0 aromatic carbocycles. The van der Waals surface area contributed by atoms with Crippen molar-refractivity contribution in [3.8, 4) is 0 Å². The standard InChI is InChI=1S/C11H24N2O/c1-4-13(9(2)3)10(8-12)11-6-5-7-14-11/h9-11H,4-8,12H2,1-3H3. The van der Waals surface area contributed by atoms with Crippen LogP contribution in [-0.2, 0) is 4.74 Å². The third-order valence-electron chi connectivity index (χ3n) is 3.09. The summed E-state index contributed by atoms with van der Waals surface area (Å²) in [6, 6.07) is 0.959. The van der Waals surface area contributed by atoms with Crippen LogP contribution in [0.3, 0.4) is 0 Å². The molecule has 0 bridgehead atoms. The average molecular weight is 200 g/mol. The molecule has 0 radical (unpaired) electrons. The van der Waals surface area contributed by atoms with E-state index in [0.717, 1.165) is 13.2 Å². The van der Waals surface area contributed by atoms with Crippen molar-refractivity contribution in [2.75, 3.05) is 19.7 Å². The third kappa shape index (κ3) is 2.69. The summed E-state index contributed by atoms with van der Waals surface area (Å²) in [6.07, 6.45) is 2.73. The first-order valence-electron chi connectivity index (χ1n) is 5.78. The Kier molecular flexibility index (Phi) is 4.85. The fourth-order valence-corrected chi connectivity index (χ4v) is 2.39. The summed E-state index contributed by atoms with van der Waals surface area (Å²) in [5, 5.41) is 0. The highest BCUT2D eigenvalue weighted by atomic mass is 16.5. The van der Waals surface area contributed by atoms with Crippen molar-refractivity contribution in [3.63, 3.8) is 0 Å². The molecule has 0 aliphatic carbocycles. The van der Waals surface area contributed by atoms with Gasteiger partial charge in [0.25, 0.3) is 0 Å². The first-order valence-corrected chi connectivity index (χ1v) is 5.78. The highest BCUT2D eigenvalue weighted by Crippen LogP contribution is 2.20. The van der Waals surface area contributed by atoms with Gasteiger partial charge in [-0.1, -0.05) is 6.92 Å². The molecule has 2 atom stereocenters. The van der Waals surface area contributed by atoms with E-state index in [1.807, 2.05) is 0 Å². The largest absolute Gasteiger partial charge is 0.377 e. The van der Waals surface area contributed by atoms with Gasteiger partial charge in [-0.2, -0.15) is 0 Å². The number of hydrogen-bond donors (Lipinski definition) is 1. The van der Waals surface area contributed by atoms with E-state index in [4.69, 9.17) is 10.5 Å². The van der Waals surface area contributed by atoms with Gasteiger partial charge in [0.15, 0.2) is 0 Å². The van der Waals surface area contributed by atoms with E-state index in [-0.39, 0.29) is 0 Å². The molecule has 0 saturated carbocycles. The van der Waals surface area contributed by atoms with Gasteiger partial charge in [-0.05, 0) is 33.2 Å². The lowest BCUT2D eigenvalue weighted by molar-refractivity contribution is 0.0168. The second-order valence-corrected chi connectivity index (χ2v) is 4.28. The lowest BCUT2D eigenvalue weighted by atomic mass is 10.0. The van der Waals surface area contributed by atoms with Crippen molar-refractivity contribution in [2.24, 2.45) is 5.73 Å². The molecule has 3 nitrogen and oxygen atoms in total. The van der Waals surface area contributed by atoms with E-state index in [1.165, 1.54) is 12.8 Å². The Morgan fingerprint density at radius 2 is 2.21 bits per heavy atom. The zero-order valence-corrected chi connectivity index (χ0v) is 9.70. The zero-order valence-electron chi connectivity index (χ0n) is 9.70. The van der Waals surface area contributed by atoms with E-state index in [9.17, 15) is 0 Å². The molecule has 2 unspecified atom stereocenters. The molecule has 1 aliphatic heterocycles. The Hall–Kier alpha value is -0.120. The summed E-state index contributed by atoms with van der Waals surface area (Å²) in [6.45, 7) is 9.31. The van der Waals surface area contributed by atoms with Gasteiger partial charge < -0.3 is 10.5 Å². The van der Waals surface area contributed by atoms with Crippen molar-refractivity contribution in [1.82, 2.24) is 4.90 Å². The Morgan fingerprint density at radius 1 is 1.50 bits per heavy atom. The van der Waals surface area contributed by atoms with Crippen LogP contribution in [0, 0.1) is 0 Å². The van der Waals surface area contributed by atoms with Crippen LogP contribution < -0.4 is 5.73 Å². The normalized spacial score (nSPS) is 24.9. The maximum absolute atomic E-state index is 5.85. The van der Waals surface area contributed by atoms with Crippen molar-refractivity contribution in [3.05, 3.63) is 0 Å². The number of likely N-dealkylation sites (N-methyl/N-ethyl adjacent to an activating group) is 1. The smallest absolute Gasteiger partial charge is 0.0743 e. The first-order chi connectivity index (χ1) is 6.70. The van der Waals surface area contributed by atoms with Crippen LogP contribution in [0.15, 0.2) is 0 Å². The van der Waals surface area contributed by atoms with Crippen LogP contribution >= 0.6 is 0 Å². The minimum absolute atomic E-state index is 0.363. The Bertz CT molecular complexity index is 155. The molecule has 0 aromatic rings. The summed E-state index contributed by atoms with van der Waals surface area (Å²) in [7, 11) is 0. The number of hydrogen-bond acceptors (Lipinski definition) is 3. The minimum atomic E-state index is 0.363. The summed E-state index contributed by atoms with van der Waals surface area (Å²) < 4.78 is 5.72. The molecule has 0 spiro atoms.